The molecule has 5 heteroatoms. The van der Waals surface area contributed by atoms with Crippen LogP contribution in [0.15, 0.2) is 36.7 Å². The van der Waals surface area contributed by atoms with Gasteiger partial charge in [-0.2, -0.15) is 0 Å². The summed E-state index contributed by atoms with van der Waals surface area (Å²) in [7, 11) is 1.90. The number of amides is 1. The lowest BCUT2D eigenvalue weighted by Crippen LogP contribution is -2.33. The third kappa shape index (κ3) is 3.73. The molecule has 0 unspecified atom stereocenters. The van der Waals surface area contributed by atoms with Gasteiger partial charge in [0.25, 0.3) is 5.91 Å². The number of pyridine rings is 1. The average molecular weight is 313 g/mol. The molecule has 1 amide bonds. The number of hydrogen-bond donors (Lipinski definition) is 0. The zero-order valence-corrected chi connectivity index (χ0v) is 13.9. The highest BCUT2D eigenvalue weighted by atomic mass is 16.5. The Morgan fingerprint density at radius 2 is 2.22 bits per heavy atom. The molecule has 5 nitrogen and oxygen atoms in total. The van der Waals surface area contributed by atoms with Crippen molar-refractivity contribution in [2.45, 2.75) is 45.4 Å². The van der Waals surface area contributed by atoms with Gasteiger partial charge in [-0.15, -0.1) is 0 Å². The van der Waals surface area contributed by atoms with E-state index in [9.17, 15) is 4.79 Å². The monoisotopic (exact) mass is 313 g/mol. The van der Waals surface area contributed by atoms with Crippen molar-refractivity contribution in [3.8, 4) is 5.88 Å². The van der Waals surface area contributed by atoms with Gasteiger partial charge in [-0.25, -0.2) is 4.98 Å². The molecule has 1 aliphatic carbocycles. The molecule has 23 heavy (non-hydrogen) atoms. The fraction of sp³-hybridized carbons (Fsp3) is 0.444. The summed E-state index contributed by atoms with van der Waals surface area (Å²) in [5, 5.41) is 0. The van der Waals surface area contributed by atoms with Crippen LogP contribution in [-0.4, -0.2) is 32.5 Å². The van der Waals surface area contributed by atoms with E-state index < -0.39 is 0 Å². The van der Waals surface area contributed by atoms with E-state index in [1.165, 1.54) is 0 Å². The van der Waals surface area contributed by atoms with Gasteiger partial charge >= 0.3 is 0 Å². The zero-order chi connectivity index (χ0) is 16.4. The van der Waals surface area contributed by atoms with Crippen LogP contribution >= 0.6 is 0 Å². The maximum Gasteiger partial charge on any atom is 0.271 e. The molecule has 0 saturated heterocycles. The average Bonchev–Trinajstić information content (AvgIpc) is 3.25. The third-order valence-corrected chi connectivity index (χ3v) is 3.92. The quantitative estimate of drug-likeness (QED) is 0.823. The highest BCUT2D eigenvalue weighted by Crippen LogP contribution is 2.30. The lowest BCUT2D eigenvalue weighted by molar-refractivity contribution is 0.0720. The Kier molecular flexibility index (Phi) is 4.37. The Morgan fingerprint density at radius 1 is 1.43 bits per heavy atom. The number of carbonyl (C=O) groups is 1. The number of hydrogen-bond acceptors (Lipinski definition) is 3. The minimum absolute atomic E-state index is 0.0854. The van der Waals surface area contributed by atoms with Gasteiger partial charge in [0.05, 0.1) is 6.10 Å². The second kappa shape index (κ2) is 6.44. The van der Waals surface area contributed by atoms with E-state index in [0.29, 0.717) is 18.5 Å². The minimum atomic E-state index is 0.0854. The zero-order valence-electron chi connectivity index (χ0n) is 13.9. The van der Waals surface area contributed by atoms with Gasteiger partial charge < -0.3 is 14.2 Å². The molecule has 2 heterocycles. The maximum atomic E-state index is 12.8. The van der Waals surface area contributed by atoms with E-state index in [1.54, 1.807) is 6.20 Å². The molecule has 0 aromatic carbocycles. The molecule has 122 valence electrons. The standard InChI is InChI=1S/C18H23N3O2/c1-13(2)23-17-11-14(8-9-19-17)12-21(15-6-7-15)18(22)16-5-4-10-20(16)3/h4-5,8-11,13,15H,6-7,12H2,1-3H3. The van der Waals surface area contributed by atoms with Crippen LogP contribution in [0.5, 0.6) is 5.88 Å². The fourth-order valence-corrected chi connectivity index (χ4v) is 2.63. The fourth-order valence-electron chi connectivity index (χ4n) is 2.63. The predicted molar refractivity (Wildman–Crippen MR) is 88.3 cm³/mol. The molecule has 2 aromatic rings. The van der Waals surface area contributed by atoms with Crippen molar-refractivity contribution in [3.05, 3.63) is 47.9 Å². The SMILES string of the molecule is CC(C)Oc1cc(CN(C(=O)c2cccn2C)C2CC2)ccn1. The molecule has 0 radical (unpaired) electrons. The van der Waals surface area contributed by atoms with E-state index in [-0.39, 0.29) is 12.0 Å². The van der Waals surface area contributed by atoms with Crippen LogP contribution in [0.2, 0.25) is 0 Å². The predicted octanol–water partition coefficient (Wildman–Crippen LogP) is 3.01. The molecule has 0 aliphatic heterocycles. The molecule has 0 bridgehead atoms. The molecule has 0 atom stereocenters. The van der Waals surface area contributed by atoms with Crippen molar-refractivity contribution < 1.29 is 9.53 Å². The number of carbonyl (C=O) groups excluding carboxylic acids is 1. The molecule has 1 aliphatic rings. The van der Waals surface area contributed by atoms with Gasteiger partial charge in [0.1, 0.15) is 5.69 Å². The Bertz CT molecular complexity index is 689. The summed E-state index contributed by atoms with van der Waals surface area (Å²) in [6.07, 6.45) is 5.89. The van der Waals surface area contributed by atoms with Crippen LogP contribution < -0.4 is 4.74 Å². The van der Waals surface area contributed by atoms with E-state index in [1.807, 2.05) is 60.8 Å². The molecule has 0 spiro atoms. The Hall–Kier alpha value is -2.30. The molecule has 0 N–H and O–H groups in total. The van der Waals surface area contributed by atoms with Gasteiger partial charge in [0.15, 0.2) is 0 Å². The van der Waals surface area contributed by atoms with Crippen molar-refractivity contribution in [2.24, 2.45) is 7.05 Å². The van der Waals surface area contributed by atoms with E-state index in [2.05, 4.69) is 4.98 Å². The van der Waals surface area contributed by atoms with Gasteiger partial charge in [0.2, 0.25) is 5.88 Å². The highest BCUT2D eigenvalue weighted by molar-refractivity contribution is 5.93. The first-order chi connectivity index (χ1) is 11.0. The highest BCUT2D eigenvalue weighted by Gasteiger charge is 2.33. The second-order valence-corrected chi connectivity index (χ2v) is 6.34. The van der Waals surface area contributed by atoms with Gasteiger partial charge in [-0.3, -0.25) is 4.79 Å². The van der Waals surface area contributed by atoms with Crippen molar-refractivity contribution in [2.75, 3.05) is 0 Å². The summed E-state index contributed by atoms with van der Waals surface area (Å²) in [5.41, 5.74) is 1.77. The van der Waals surface area contributed by atoms with Crippen LogP contribution in [0.4, 0.5) is 0 Å². The molecule has 2 aromatic heterocycles. The Morgan fingerprint density at radius 3 is 2.83 bits per heavy atom. The molecular formula is C18H23N3O2. The second-order valence-electron chi connectivity index (χ2n) is 6.34. The number of nitrogens with zero attached hydrogens (tertiary/aromatic N) is 3. The maximum absolute atomic E-state index is 12.8. The Labute approximate surface area is 136 Å². The lowest BCUT2D eigenvalue weighted by Gasteiger charge is -2.23. The van der Waals surface area contributed by atoms with Crippen molar-refractivity contribution in [1.82, 2.24) is 14.5 Å². The van der Waals surface area contributed by atoms with Crippen molar-refractivity contribution >= 4 is 5.91 Å². The lowest BCUT2D eigenvalue weighted by atomic mass is 10.2. The normalized spacial score (nSPS) is 14.1. The number of aryl methyl sites for hydroxylation is 1. The van der Waals surface area contributed by atoms with Crippen LogP contribution in [0.3, 0.4) is 0 Å². The first kappa shape index (κ1) is 15.6. The first-order valence-electron chi connectivity index (χ1n) is 8.08. The Balaban J connectivity index is 1.78. The first-order valence-corrected chi connectivity index (χ1v) is 8.08. The third-order valence-electron chi connectivity index (χ3n) is 3.92. The molecule has 3 rings (SSSR count). The van der Waals surface area contributed by atoms with Crippen LogP contribution in [-0.2, 0) is 13.6 Å². The topological polar surface area (TPSA) is 47.4 Å². The molecular weight excluding hydrogens is 290 g/mol. The minimum Gasteiger partial charge on any atom is -0.475 e. The van der Waals surface area contributed by atoms with E-state index in [4.69, 9.17) is 4.74 Å². The molecule has 1 saturated carbocycles. The largest absolute Gasteiger partial charge is 0.475 e. The molecule has 1 fully saturated rings. The van der Waals surface area contributed by atoms with Gasteiger partial charge in [-0.05, 0) is 50.5 Å². The summed E-state index contributed by atoms with van der Waals surface area (Å²) in [6.45, 7) is 4.54. The summed E-state index contributed by atoms with van der Waals surface area (Å²) in [4.78, 5) is 19.0. The number of ether oxygens (including phenoxy) is 1. The van der Waals surface area contributed by atoms with Crippen LogP contribution in [0.25, 0.3) is 0 Å². The number of rotatable bonds is 6. The van der Waals surface area contributed by atoms with E-state index in [0.717, 1.165) is 24.1 Å². The summed E-state index contributed by atoms with van der Waals surface area (Å²) < 4.78 is 7.52. The van der Waals surface area contributed by atoms with Crippen LogP contribution in [0, 0.1) is 0 Å². The number of aromatic nitrogens is 2. The summed E-state index contributed by atoms with van der Waals surface area (Å²) >= 11 is 0. The van der Waals surface area contributed by atoms with Crippen molar-refractivity contribution in [1.29, 1.82) is 0 Å². The van der Waals surface area contributed by atoms with E-state index >= 15 is 0 Å². The smallest absolute Gasteiger partial charge is 0.271 e. The van der Waals surface area contributed by atoms with Crippen molar-refractivity contribution in [3.63, 3.8) is 0 Å². The van der Waals surface area contributed by atoms with Gasteiger partial charge in [-0.1, -0.05) is 0 Å². The summed E-state index contributed by atoms with van der Waals surface area (Å²) in [5.74, 6) is 0.697. The van der Waals surface area contributed by atoms with Gasteiger partial charge in [0, 0.05) is 38.1 Å². The van der Waals surface area contributed by atoms with Crippen LogP contribution in [0.1, 0.15) is 42.7 Å². The summed E-state index contributed by atoms with van der Waals surface area (Å²) in [6, 6.07) is 7.99.